The molecular weight excluding hydrogens is 258 g/mol. The van der Waals surface area contributed by atoms with Gasteiger partial charge in [-0.2, -0.15) is 11.8 Å². The van der Waals surface area contributed by atoms with Gasteiger partial charge in [0.1, 0.15) is 5.75 Å². The molecule has 0 heterocycles. The maximum Gasteiger partial charge on any atom is 0.119 e. The van der Waals surface area contributed by atoms with Gasteiger partial charge < -0.3 is 15.2 Å². The molecule has 4 heteroatoms. The van der Waals surface area contributed by atoms with Crippen LogP contribution in [0.5, 0.6) is 5.75 Å². The molecule has 2 rings (SSSR count). The van der Waals surface area contributed by atoms with Crippen LogP contribution in [0.1, 0.15) is 30.5 Å². The minimum Gasteiger partial charge on any atom is -0.497 e. The maximum atomic E-state index is 10.2. The predicted molar refractivity (Wildman–Crippen MR) is 81.1 cm³/mol. The average Bonchev–Trinajstić information content (AvgIpc) is 2.78. The number of hydrogen-bond donors (Lipinski definition) is 2. The quantitative estimate of drug-likeness (QED) is 0.840. The van der Waals surface area contributed by atoms with Crippen molar-refractivity contribution in [2.45, 2.75) is 31.4 Å². The highest BCUT2D eigenvalue weighted by Gasteiger charge is 2.26. The minimum atomic E-state index is -0.652. The molecule has 0 aromatic heterocycles. The van der Waals surface area contributed by atoms with Gasteiger partial charge in [-0.05, 0) is 49.3 Å². The molecule has 1 aromatic carbocycles. The first-order valence-corrected chi connectivity index (χ1v) is 8.06. The Bertz CT molecular complexity index is 434. The SMILES string of the molecule is COc1ccc2c(c1)C(NCC(C)(O)CSC)CC2. The Balaban J connectivity index is 2.02. The summed E-state index contributed by atoms with van der Waals surface area (Å²) in [5.41, 5.74) is 2.06. The molecule has 2 N–H and O–H groups in total. The zero-order chi connectivity index (χ0) is 13.9. The van der Waals surface area contributed by atoms with Crippen molar-refractivity contribution in [2.75, 3.05) is 25.7 Å². The van der Waals surface area contributed by atoms with Crippen LogP contribution in [0.2, 0.25) is 0 Å². The fraction of sp³-hybridized carbons (Fsp3) is 0.600. The molecule has 0 radical (unpaired) electrons. The predicted octanol–water partition coefficient (Wildman–Crippen LogP) is 2.39. The Hall–Kier alpha value is -0.710. The van der Waals surface area contributed by atoms with Crippen LogP contribution < -0.4 is 10.1 Å². The average molecular weight is 281 g/mol. The number of nitrogens with one attached hydrogen (secondary N) is 1. The molecule has 1 aliphatic rings. The lowest BCUT2D eigenvalue weighted by Crippen LogP contribution is -2.41. The third-order valence-electron chi connectivity index (χ3n) is 3.62. The molecule has 19 heavy (non-hydrogen) atoms. The summed E-state index contributed by atoms with van der Waals surface area (Å²) in [6, 6.07) is 6.61. The van der Waals surface area contributed by atoms with Gasteiger partial charge in [0.15, 0.2) is 0 Å². The van der Waals surface area contributed by atoms with Gasteiger partial charge in [0, 0.05) is 18.3 Å². The number of hydrogen-bond acceptors (Lipinski definition) is 4. The Kier molecular flexibility index (Phi) is 4.76. The summed E-state index contributed by atoms with van der Waals surface area (Å²) in [5.74, 6) is 1.65. The topological polar surface area (TPSA) is 41.5 Å². The number of aliphatic hydroxyl groups is 1. The molecule has 2 atom stereocenters. The second-order valence-electron chi connectivity index (χ2n) is 5.47. The lowest BCUT2D eigenvalue weighted by molar-refractivity contribution is 0.0814. The molecule has 0 amide bonds. The van der Waals surface area contributed by atoms with Crippen molar-refractivity contribution in [3.05, 3.63) is 29.3 Å². The Morgan fingerprint density at radius 3 is 3.00 bits per heavy atom. The van der Waals surface area contributed by atoms with Crippen molar-refractivity contribution in [1.29, 1.82) is 0 Å². The smallest absolute Gasteiger partial charge is 0.119 e. The van der Waals surface area contributed by atoms with Crippen molar-refractivity contribution in [2.24, 2.45) is 0 Å². The minimum absolute atomic E-state index is 0.332. The number of thioether (sulfide) groups is 1. The molecular formula is C15H23NO2S. The number of ether oxygens (including phenoxy) is 1. The number of fused-ring (bicyclic) bond motifs is 1. The highest BCUT2D eigenvalue weighted by molar-refractivity contribution is 7.98. The van der Waals surface area contributed by atoms with Crippen LogP contribution in [0, 0.1) is 0 Å². The Morgan fingerprint density at radius 1 is 1.53 bits per heavy atom. The van der Waals surface area contributed by atoms with Crippen molar-refractivity contribution in [3.8, 4) is 5.75 Å². The van der Waals surface area contributed by atoms with Crippen LogP contribution in [0.4, 0.5) is 0 Å². The van der Waals surface area contributed by atoms with E-state index < -0.39 is 5.60 Å². The van der Waals surface area contributed by atoms with Crippen molar-refractivity contribution < 1.29 is 9.84 Å². The fourth-order valence-electron chi connectivity index (χ4n) is 2.62. The second kappa shape index (κ2) is 6.16. The third kappa shape index (κ3) is 3.65. The summed E-state index contributed by atoms with van der Waals surface area (Å²) >= 11 is 1.67. The monoisotopic (exact) mass is 281 g/mol. The van der Waals surface area contributed by atoms with Gasteiger partial charge in [-0.15, -0.1) is 0 Å². The molecule has 0 spiro atoms. The molecule has 0 bridgehead atoms. The maximum absolute atomic E-state index is 10.2. The lowest BCUT2D eigenvalue weighted by atomic mass is 10.1. The molecule has 0 fully saturated rings. The zero-order valence-electron chi connectivity index (χ0n) is 11.9. The van der Waals surface area contributed by atoms with E-state index in [9.17, 15) is 5.11 Å². The van der Waals surface area contributed by atoms with Crippen LogP contribution in [-0.2, 0) is 6.42 Å². The van der Waals surface area contributed by atoms with Crippen LogP contribution in [0.15, 0.2) is 18.2 Å². The first-order chi connectivity index (χ1) is 9.05. The normalized spacial score (nSPS) is 20.9. The molecule has 0 saturated carbocycles. The second-order valence-corrected chi connectivity index (χ2v) is 6.33. The van der Waals surface area contributed by atoms with E-state index in [4.69, 9.17) is 4.74 Å². The van der Waals surface area contributed by atoms with Gasteiger partial charge in [-0.25, -0.2) is 0 Å². The van der Waals surface area contributed by atoms with Gasteiger partial charge in [-0.1, -0.05) is 6.07 Å². The van der Waals surface area contributed by atoms with Crippen molar-refractivity contribution >= 4 is 11.8 Å². The molecule has 0 saturated heterocycles. The summed E-state index contributed by atoms with van der Waals surface area (Å²) in [4.78, 5) is 0. The van der Waals surface area contributed by atoms with Crippen LogP contribution in [0.25, 0.3) is 0 Å². The highest BCUT2D eigenvalue weighted by Crippen LogP contribution is 2.33. The molecule has 1 aromatic rings. The molecule has 3 nitrogen and oxygen atoms in total. The molecule has 106 valence electrons. The Morgan fingerprint density at radius 2 is 2.32 bits per heavy atom. The van der Waals surface area contributed by atoms with Gasteiger partial charge in [-0.3, -0.25) is 0 Å². The van der Waals surface area contributed by atoms with Gasteiger partial charge >= 0.3 is 0 Å². The van der Waals surface area contributed by atoms with Crippen LogP contribution in [0.3, 0.4) is 0 Å². The molecule has 0 aliphatic heterocycles. The van der Waals surface area contributed by atoms with Gasteiger partial charge in [0.25, 0.3) is 0 Å². The van der Waals surface area contributed by atoms with E-state index in [0.29, 0.717) is 12.6 Å². The summed E-state index contributed by atoms with van der Waals surface area (Å²) in [6.45, 7) is 2.51. The summed E-state index contributed by atoms with van der Waals surface area (Å²) < 4.78 is 5.29. The van der Waals surface area contributed by atoms with Crippen LogP contribution >= 0.6 is 11.8 Å². The highest BCUT2D eigenvalue weighted by atomic mass is 32.2. The summed E-state index contributed by atoms with van der Waals surface area (Å²) in [7, 11) is 1.70. The van der Waals surface area contributed by atoms with Crippen molar-refractivity contribution in [1.82, 2.24) is 5.32 Å². The largest absolute Gasteiger partial charge is 0.497 e. The van der Waals surface area contributed by atoms with E-state index in [1.807, 2.05) is 19.2 Å². The van der Waals surface area contributed by atoms with Crippen molar-refractivity contribution in [3.63, 3.8) is 0 Å². The van der Waals surface area contributed by atoms with E-state index in [1.165, 1.54) is 11.1 Å². The third-order valence-corrected chi connectivity index (χ3v) is 4.53. The van der Waals surface area contributed by atoms with Gasteiger partial charge in [0.05, 0.1) is 12.7 Å². The van der Waals surface area contributed by atoms with E-state index in [1.54, 1.807) is 18.9 Å². The van der Waals surface area contributed by atoms with E-state index in [0.717, 1.165) is 24.3 Å². The number of aryl methyl sites for hydroxylation is 1. The molecule has 1 aliphatic carbocycles. The Labute approximate surface area is 119 Å². The first kappa shape index (κ1) is 14.7. The summed E-state index contributed by atoms with van der Waals surface area (Å²) in [6.07, 6.45) is 4.21. The zero-order valence-corrected chi connectivity index (χ0v) is 12.7. The fourth-order valence-corrected chi connectivity index (χ4v) is 3.35. The van der Waals surface area contributed by atoms with E-state index in [2.05, 4.69) is 17.4 Å². The van der Waals surface area contributed by atoms with E-state index in [-0.39, 0.29) is 0 Å². The summed E-state index contributed by atoms with van der Waals surface area (Å²) in [5, 5.41) is 13.7. The molecule has 2 unspecified atom stereocenters. The van der Waals surface area contributed by atoms with Gasteiger partial charge in [0.2, 0.25) is 0 Å². The van der Waals surface area contributed by atoms with Crippen LogP contribution in [-0.4, -0.2) is 36.4 Å². The first-order valence-electron chi connectivity index (χ1n) is 6.67. The standard InChI is InChI=1S/C15H23NO2S/c1-15(17,10-19-3)9-16-14-7-5-11-4-6-12(18-2)8-13(11)14/h4,6,8,14,16-17H,5,7,9-10H2,1-3H3. The lowest BCUT2D eigenvalue weighted by Gasteiger charge is -2.25. The number of methoxy groups -OCH3 is 1. The van der Waals surface area contributed by atoms with E-state index >= 15 is 0 Å². The number of rotatable bonds is 6. The number of benzene rings is 1.